The molecular weight excluding hydrogens is 417 g/mol. The first kappa shape index (κ1) is 20.7. The number of ether oxygens (including phenoxy) is 1. The summed E-state index contributed by atoms with van der Waals surface area (Å²) in [4.78, 5) is 35.9. The number of rotatable bonds is 6. The molecule has 3 aromatic carbocycles. The lowest BCUT2D eigenvalue weighted by Crippen LogP contribution is -2.35. The van der Waals surface area contributed by atoms with Crippen molar-refractivity contribution in [2.45, 2.75) is 6.61 Å². The van der Waals surface area contributed by atoms with Crippen LogP contribution in [0.2, 0.25) is 0 Å². The lowest BCUT2D eigenvalue weighted by atomic mass is 10.1. The Hall–Kier alpha value is -4.53. The molecule has 2 amide bonds. The third kappa shape index (κ3) is 4.17. The summed E-state index contributed by atoms with van der Waals surface area (Å²) in [6.07, 6.45) is 1.27. The predicted octanol–water partition coefficient (Wildman–Crippen LogP) is 3.77. The Morgan fingerprint density at radius 1 is 1.03 bits per heavy atom. The van der Waals surface area contributed by atoms with Gasteiger partial charge in [0.15, 0.2) is 5.75 Å². The number of hydrogen-bond donors (Lipinski definition) is 1. The van der Waals surface area contributed by atoms with Gasteiger partial charge in [0.05, 0.1) is 10.6 Å². The Balaban J connectivity index is 1.59. The molecule has 160 valence electrons. The van der Waals surface area contributed by atoms with Crippen LogP contribution in [0.4, 0.5) is 15.8 Å². The second-order valence-electron chi connectivity index (χ2n) is 6.84. The first-order valence-corrected chi connectivity index (χ1v) is 9.51. The summed E-state index contributed by atoms with van der Waals surface area (Å²) in [7, 11) is 0. The quantitative estimate of drug-likeness (QED) is 0.276. The normalized spacial score (nSPS) is 14.5. The molecule has 1 heterocycles. The molecular formula is C23H16FN3O5. The average molecular weight is 433 g/mol. The SMILES string of the molecule is O=C1NN(c2ccccc2)C(=O)C1=Cc1ccc(OCc2ccccc2F)c([N+](=O)[O-])c1. The van der Waals surface area contributed by atoms with E-state index in [1.807, 2.05) is 0 Å². The zero-order chi connectivity index (χ0) is 22.7. The minimum Gasteiger partial charge on any atom is -0.482 e. The summed E-state index contributed by atoms with van der Waals surface area (Å²) in [6, 6.07) is 18.5. The second kappa shape index (κ2) is 8.68. The number of carbonyl (C=O) groups is 2. The molecule has 0 atom stereocenters. The number of para-hydroxylation sites is 1. The Morgan fingerprint density at radius 3 is 2.47 bits per heavy atom. The lowest BCUT2D eigenvalue weighted by molar-refractivity contribution is -0.386. The average Bonchev–Trinajstić information content (AvgIpc) is 3.08. The van der Waals surface area contributed by atoms with Gasteiger partial charge in [-0.3, -0.25) is 25.1 Å². The van der Waals surface area contributed by atoms with E-state index in [4.69, 9.17) is 4.74 Å². The molecule has 0 aromatic heterocycles. The predicted molar refractivity (Wildman–Crippen MR) is 114 cm³/mol. The first-order valence-electron chi connectivity index (χ1n) is 9.51. The Bertz CT molecular complexity index is 1240. The Morgan fingerprint density at radius 2 is 1.75 bits per heavy atom. The fraction of sp³-hybridized carbons (Fsp3) is 0.0435. The van der Waals surface area contributed by atoms with Gasteiger partial charge in [-0.15, -0.1) is 0 Å². The highest BCUT2D eigenvalue weighted by atomic mass is 19.1. The molecule has 1 aliphatic rings. The number of hydrazine groups is 1. The van der Waals surface area contributed by atoms with Crippen LogP contribution in [0.5, 0.6) is 5.75 Å². The maximum atomic E-state index is 13.8. The smallest absolute Gasteiger partial charge is 0.311 e. The fourth-order valence-corrected chi connectivity index (χ4v) is 3.14. The summed E-state index contributed by atoms with van der Waals surface area (Å²) < 4.78 is 19.2. The Kier molecular flexibility index (Phi) is 5.63. The molecule has 0 saturated carbocycles. The van der Waals surface area contributed by atoms with E-state index >= 15 is 0 Å². The van der Waals surface area contributed by atoms with E-state index in [-0.39, 0.29) is 34.7 Å². The van der Waals surface area contributed by atoms with E-state index in [0.717, 1.165) is 5.01 Å². The van der Waals surface area contributed by atoms with Gasteiger partial charge in [-0.25, -0.2) is 9.40 Å². The van der Waals surface area contributed by atoms with Gasteiger partial charge in [0.2, 0.25) is 0 Å². The maximum Gasteiger partial charge on any atom is 0.311 e. The molecule has 1 N–H and O–H groups in total. The summed E-state index contributed by atoms with van der Waals surface area (Å²) in [5.41, 5.74) is 2.93. The van der Waals surface area contributed by atoms with Crippen LogP contribution in [-0.4, -0.2) is 16.7 Å². The molecule has 9 heteroatoms. The number of nitrogens with one attached hydrogen (secondary N) is 1. The van der Waals surface area contributed by atoms with Gasteiger partial charge in [-0.05, 0) is 35.9 Å². The van der Waals surface area contributed by atoms with Crippen molar-refractivity contribution < 1.29 is 23.6 Å². The maximum absolute atomic E-state index is 13.8. The molecule has 3 aromatic rings. The van der Waals surface area contributed by atoms with E-state index in [0.29, 0.717) is 5.69 Å². The van der Waals surface area contributed by atoms with Crippen LogP contribution in [0.25, 0.3) is 6.08 Å². The van der Waals surface area contributed by atoms with Crippen LogP contribution in [0.3, 0.4) is 0 Å². The number of nitro benzene ring substituents is 1. The van der Waals surface area contributed by atoms with Crippen molar-refractivity contribution in [2.24, 2.45) is 0 Å². The number of nitrogens with zero attached hydrogens (tertiary/aromatic N) is 2. The minimum atomic E-state index is -0.647. The molecule has 0 aliphatic carbocycles. The first-order chi connectivity index (χ1) is 15.4. The summed E-state index contributed by atoms with van der Waals surface area (Å²) in [5, 5.41) is 12.6. The highest BCUT2D eigenvalue weighted by molar-refractivity contribution is 6.31. The molecule has 0 spiro atoms. The van der Waals surface area contributed by atoms with Crippen LogP contribution in [-0.2, 0) is 16.2 Å². The fourth-order valence-electron chi connectivity index (χ4n) is 3.14. The molecule has 1 saturated heterocycles. The molecule has 32 heavy (non-hydrogen) atoms. The van der Waals surface area contributed by atoms with Gasteiger partial charge in [-0.1, -0.05) is 42.5 Å². The van der Waals surface area contributed by atoms with E-state index in [1.165, 1.54) is 42.5 Å². The van der Waals surface area contributed by atoms with Crippen molar-refractivity contribution in [3.05, 3.63) is 105 Å². The molecule has 1 aliphatic heterocycles. The summed E-state index contributed by atoms with van der Waals surface area (Å²) in [6.45, 7) is -0.194. The highest BCUT2D eigenvalue weighted by Gasteiger charge is 2.34. The number of hydrogen-bond acceptors (Lipinski definition) is 5. The van der Waals surface area contributed by atoms with Crippen LogP contribution in [0.1, 0.15) is 11.1 Å². The number of nitro groups is 1. The van der Waals surface area contributed by atoms with Gasteiger partial charge >= 0.3 is 5.69 Å². The third-order valence-corrected chi connectivity index (χ3v) is 4.74. The van der Waals surface area contributed by atoms with E-state index in [2.05, 4.69) is 5.43 Å². The van der Waals surface area contributed by atoms with Crippen molar-refractivity contribution >= 4 is 29.3 Å². The zero-order valence-corrected chi connectivity index (χ0v) is 16.5. The third-order valence-electron chi connectivity index (χ3n) is 4.74. The highest BCUT2D eigenvalue weighted by Crippen LogP contribution is 2.30. The number of amides is 2. The van der Waals surface area contributed by atoms with Crippen molar-refractivity contribution in [1.29, 1.82) is 0 Å². The van der Waals surface area contributed by atoms with E-state index in [1.54, 1.807) is 36.4 Å². The van der Waals surface area contributed by atoms with Crippen molar-refractivity contribution in [1.82, 2.24) is 5.43 Å². The minimum absolute atomic E-state index is 0.0616. The molecule has 0 unspecified atom stereocenters. The largest absolute Gasteiger partial charge is 0.482 e. The molecule has 8 nitrogen and oxygen atoms in total. The standard InChI is InChI=1S/C23H16FN3O5/c24-19-9-5-4-6-16(19)14-32-21-11-10-15(13-20(21)27(30)31)12-18-22(28)25-26(23(18)29)17-7-2-1-3-8-17/h1-13H,14H2,(H,25,28). The summed E-state index contributed by atoms with van der Waals surface area (Å²) >= 11 is 0. The van der Waals surface area contributed by atoms with Crippen LogP contribution >= 0.6 is 0 Å². The summed E-state index contributed by atoms with van der Waals surface area (Å²) in [5.74, 6) is -1.75. The molecule has 4 rings (SSSR count). The van der Waals surface area contributed by atoms with Gasteiger partial charge in [0.1, 0.15) is 18.0 Å². The van der Waals surface area contributed by atoms with E-state index in [9.17, 15) is 24.1 Å². The van der Waals surface area contributed by atoms with Gasteiger partial charge in [0, 0.05) is 11.6 Å². The van der Waals surface area contributed by atoms with Crippen molar-refractivity contribution in [3.63, 3.8) is 0 Å². The zero-order valence-electron chi connectivity index (χ0n) is 16.5. The van der Waals surface area contributed by atoms with Crippen LogP contribution in [0.15, 0.2) is 78.4 Å². The van der Waals surface area contributed by atoms with Gasteiger partial charge in [-0.2, -0.15) is 0 Å². The van der Waals surface area contributed by atoms with Gasteiger partial charge in [0.25, 0.3) is 11.8 Å². The van der Waals surface area contributed by atoms with Gasteiger partial charge < -0.3 is 4.74 Å². The Labute approximate surface area is 181 Å². The van der Waals surface area contributed by atoms with Crippen molar-refractivity contribution in [2.75, 3.05) is 5.01 Å². The molecule has 0 radical (unpaired) electrons. The van der Waals surface area contributed by atoms with Crippen LogP contribution < -0.4 is 15.2 Å². The molecule has 0 bridgehead atoms. The van der Waals surface area contributed by atoms with Crippen LogP contribution in [0, 0.1) is 15.9 Å². The molecule has 1 fully saturated rings. The second-order valence-corrected chi connectivity index (χ2v) is 6.84. The number of carbonyl (C=O) groups excluding carboxylic acids is 2. The van der Waals surface area contributed by atoms with E-state index < -0.39 is 22.6 Å². The topological polar surface area (TPSA) is 102 Å². The van der Waals surface area contributed by atoms with Crippen molar-refractivity contribution in [3.8, 4) is 5.75 Å². The monoisotopic (exact) mass is 433 g/mol. The number of benzene rings is 3. The lowest BCUT2D eigenvalue weighted by Gasteiger charge is -2.13. The number of anilines is 1. The number of halogens is 1.